The van der Waals surface area contributed by atoms with Crippen molar-refractivity contribution in [1.82, 2.24) is 0 Å². The molecule has 0 radical (unpaired) electrons. The second kappa shape index (κ2) is 7.30. The van der Waals surface area contributed by atoms with Gasteiger partial charge in [0.1, 0.15) is 0 Å². The summed E-state index contributed by atoms with van der Waals surface area (Å²) in [6, 6.07) is 4.57. The number of halogens is 4. The van der Waals surface area contributed by atoms with E-state index in [1.165, 1.54) is 12.1 Å². The number of nitrogens with two attached hydrogens (primary N) is 1. The van der Waals surface area contributed by atoms with Gasteiger partial charge in [-0.2, -0.15) is 13.2 Å². The van der Waals surface area contributed by atoms with Gasteiger partial charge < -0.3 is 15.8 Å². The van der Waals surface area contributed by atoms with E-state index in [0.29, 0.717) is 26.1 Å². The molecular weight excluding hydrogens is 321 g/mol. The first-order chi connectivity index (χ1) is 9.87. The summed E-state index contributed by atoms with van der Waals surface area (Å²) in [6.45, 7) is 0.988. The molecule has 0 bridgehead atoms. The molecule has 1 heterocycles. The second-order valence-corrected chi connectivity index (χ2v) is 5.13. The maximum atomic E-state index is 12.7. The van der Waals surface area contributed by atoms with Crippen LogP contribution in [0.25, 0.3) is 0 Å². The SMILES string of the molecule is Cl.NCC1(C(=O)Nc2cccc(C(F)(F)F)c2)CCOCC1. The molecule has 4 nitrogen and oxygen atoms in total. The highest BCUT2D eigenvalue weighted by Crippen LogP contribution is 2.33. The Labute approximate surface area is 132 Å². The van der Waals surface area contributed by atoms with Gasteiger partial charge in [-0.05, 0) is 31.0 Å². The Morgan fingerprint density at radius 1 is 1.32 bits per heavy atom. The summed E-state index contributed by atoms with van der Waals surface area (Å²) in [6.07, 6.45) is -3.51. The third-order valence-corrected chi connectivity index (χ3v) is 3.77. The number of carbonyl (C=O) groups is 1. The van der Waals surface area contributed by atoms with E-state index in [1.807, 2.05) is 0 Å². The van der Waals surface area contributed by atoms with Crippen molar-refractivity contribution in [3.63, 3.8) is 0 Å². The number of ether oxygens (including phenoxy) is 1. The fourth-order valence-electron chi connectivity index (χ4n) is 2.32. The molecule has 0 aromatic heterocycles. The van der Waals surface area contributed by atoms with Crippen molar-refractivity contribution in [2.45, 2.75) is 19.0 Å². The van der Waals surface area contributed by atoms with Crippen LogP contribution < -0.4 is 11.1 Å². The van der Waals surface area contributed by atoms with Gasteiger partial charge >= 0.3 is 6.18 Å². The molecule has 0 saturated carbocycles. The van der Waals surface area contributed by atoms with Crippen molar-refractivity contribution >= 4 is 24.0 Å². The van der Waals surface area contributed by atoms with Crippen molar-refractivity contribution < 1.29 is 22.7 Å². The van der Waals surface area contributed by atoms with Gasteiger partial charge in [-0.25, -0.2) is 0 Å². The van der Waals surface area contributed by atoms with Crippen molar-refractivity contribution in [2.24, 2.45) is 11.1 Å². The Bertz CT molecular complexity index is 517. The standard InChI is InChI=1S/C14H17F3N2O2.ClH/c15-14(16,17)10-2-1-3-11(8-10)19-12(20)13(9-18)4-6-21-7-5-13;/h1-3,8H,4-7,9,18H2,(H,19,20);1H. The molecule has 0 aliphatic carbocycles. The topological polar surface area (TPSA) is 64.4 Å². The lowest BCUT2D eigenvalue weighted by Crippen LogP contribution is -2.46. The molecule has 0 unspecified atom stereocenters. The van der Waals surface area contributed by atoms with Gasteiger partial charge in [-0.3, -0.25) is 4.79 Å². The third kappa shape index (κ3) is 4.12. The zero-order chi connectivity index (χ0) is 15.5. The van der Waals surface area contributed by atoms with Crippen molar-refractivity contribution in [3.8, 4) is 0 Å². The molecule has 1 fully saturated rings. The van der Waals surface area contributed by atoms with Crippen LogP contribution in [0.5, 0.6) is 0 Å². The number of anilines is 1. The van der Waals surface area contributed by atoms with E-state index in [4.69, 9.17) is 10.5 Å². The molecule has 0 atom stereocenters. The van der Waals surface area contributed by atoms with Crippen LogP contribution in [-0.2, 0) is 15.7 Å². The summed E-state index contributed by atoms with van der Waals surface area (Å²) in [4.78, 5) is 12.4. The Morgan fingerprint density at radius 3 is 2.50 bits per heavy atom. The molecule has 1 aliphatic heterocycles. The lowest BCUT2D eigenvalue weighted by atomic mass is 9.79. The average molecular weight is 339 g/mol. The number of alkyl halides is 3. The molecule has 22 heavy (non-hydrogen) atoms. The summed E-state index contributed by atoms with van der Waals surface area (Å²) >= 11 is 0. The number of benzene rings is 1. The molecule has 1 aromatic carbocycles. The minimum Gasteiger partial charge on any atom is -0.381 e. The van der Waals surface area contributed by atoms with Crippen LogP contribution in [0.2, 0.25) is 0 Å². The summed E-state index contributed by atoms with van der Waals surface area (Å²) in [5.41, 5.74) is 4.25. The van der Waals surface area contributed by atoms with E-state index in [9.17, 15) is 18.0 Å². The van der Waals surface area contributed by atoms with Crippen LogP contribution in [0, 0.1) is 5.41 Å². The van der Waals surface area contributed by atoms with Crippen molar-refractivity contribution in [2.75, 3.05) is 25.1 Å². The van der Waals surface area contributed by atoms with Crippen LogP contribution in [0.1, 0.15) is 18.4 Å². The number of hydrogen-bond acceptors (Lipinski definition) is 3. The Kier molecular flexibility index (Phi) is 6.22. The number of rotatable bonds is 3. The van der Waals surface area contributed by atoms with Gasteiger partial charge in [0.25, 0.3) is 0 Å². The summed E-state index contributed by atoms with van der Waals surface area (Å²) in [5.74, 6) is -0.354. The smallest absolute Gasteiger partial charge is 0.381 e. The average Bonchev–Trinajstić information content (AvgIpc) is 2.47. The molecule has 1 amide bonds. The van der Waals surface area contributed by atoms with Gasteiger partial charge in [-0.1, -0.05) is 6.07 Å². The van der Waals surface area contributed by atoms with Gasteiger partial charge in [0.15, 0.2) is 0 Å². The van der Waals surface area contributed by atoms with Gasteiger partial charge in [0.2, 0.25) is 5.91 Å². The molecule has 2 rings (SSSR count). The van der Waals surface area contributed by atoms with Crippen molar-refractivity contribution in [1.29, 1.82) is 0 Å². The van der Waals surface area contributed by atoms with E-state index < -0.39 is 17.2 Å². The maximum Gasteiger partial charge on any atom is 0.416 e. The van der Waals surface area contributed by atoms with E-state index >= 15 is 0 Å². The number of hydrogen-bond donors (Lipinski definition) is 2. The highest BCUT2D eigenvalue weighted by atomic mass is 35.5. The van der Waals surface area contributed by atoms with E-state index in [0.717, 1.165) is 12.1 Å². The molecule has 1 saturated heterocycles. The summed E-state index contributed by atoms with van der Waals surface area (Å²) in [5, 5.41) is 2.54. The summed E-state index contributed by atoms with van der Waals surface area (Å²) < 4.78 is 43.2. The second-order valence-electron chi connectivity index (χ2n) is 5.13. The highest BCUT2D eigenvalue weighted by molar-refractivity contribution is 5.95. The largest absolute Gasteiger partial charge is 0.416 e. The molecule has 3 N–H and O–H groups in total. The van der Waals surface area contributed by atoms with Gasteiger partial charge in [-0.15, -0.1) is 12.4 Å². The Morgan fingerprint density at radius 2 is 1.95 bits per heavy atom. The van der Waals surface area contributed by atoms with E-state index in [-0.39, 0.29) is 30.5 Å². The number of amides is 1. The van der Waals surface area contributed by atoms with E-state index in [1.54, 1.807) is 0 Å². The number of nitrogens with one attached hydrogen (secondary N) is 1. The molecule has 8 heteroatoms. The molecule has 124 valence electrons. The number of carbonyl (C=O) groups excluding carboxylic acids is 1. The molecular formula is C14H18ClF3N2O2. The fourth-order valence-corrected chi connectivity index (χ4v) is 2.32. The quantitative estimate of drug-likeness (QED) is 0.890. The monoisotopic (exact) mass is 338 g/mol. The van der Waals surface area contributed by atoms with Crippen LogP contribution >= 0.6 is 12.4 Å². The van der Waals surface area contributed by atoms with Crippen LogP contribution in [0.3, 0.4) is 0 Å². The van der Waals surface area contributed by atoms with Gasteiger partial charge in [0.05, 0.1) is 11.0 Å². The van der Waals surface area contributed by atoms with Gasteiger partial charge in [0, 0.05) is 25.4 Å². The minimum atomic E-state index is -4.44. The maximum absolute atomic E-state index is 12.7. The van der Waals surface area contributed by atoms with Crippen LogP contribution in [0.4, 0.5) is 18.9 Å². The first kappa shape index (κ1) is 18.7. The van der Waals surface area contributed by atoms with Crippen LogP contribution in [-0.4, -0.2) is 25.7 Å². The van der Waals surface area contributed by atoms with E-state index in [2.05, 4.69) is 5.32 Å². The zero-order valence-electron chi connectivity index (χ0n) is 11.8. The first-order valence-corrected chi connectivity index (χ1v) is 6.64. The highest BCUT2D eigenvalue weighted by Gasteiger charge is 2.39. The predicted octanol–water partition coefficient (Wildman–Crippen LogP) is 2.82. The normalized spacial score (nSPS) is 17.5. The molecule has 1 aromatic rings. The molecule has 1 aliphatic rings. The Hall–Kier alpha value is -1.31. The van der Waals surface area contributed by atoms with Crippen molar-refractivity contribution in [3.05, 3.63) is 29.8 Å². The predicted molar refractivity (Wildman–Crippen MR) is 78.9 cm³/mol. The Balaban J connectivity index is 0.00000242. The third-order valence-electron chi connectivity index (χ3n) is 3.77. The summed E-state index contributed by atoms with van der Waals surface area (Å²) in [7, 11) is 0. The fraction of sp³-hybridized carbons (Fsp3) is 0.500. The molecule has 0 spiro atoms. The van der Waals surface area contributed by atoms with Crippen LogP contribution in [0.15, 0.2) is 24.3 Å². The lowest BCUT2D eigenvalue weighted by Gasteiger charge is -2.34. The minimum absolute atomic E-state index is 0. The lowest BCUT2D eigenvalue weighted by molar-refractivity contribution is -0.137. The first-order valence-electron chi connectivity index (χ1n) is 6.64. The zero-order valence-corrected chi connectivity index (χ0v) is 12.6.